The van der Waals surface area contributed by atoms with Gasteiger partial charge >= 0.3 is 0 Å². The second-order valence-corrected chi connectivity index (χ2v) is 8.75. The van der Waals surface area contributed by atoms with Crippen molar-refractivity contribution in [1.29, 1.82) is 0 Å². The molecule has 5 rings (SSSR count). The first-order chi connectivity index (χ1) is 12.5. The van der Waals surface area contributed by atoms with Crippen LogP contribution in [0, 0.1) is 12.3 Å². The summed E-state index contributed by atoms with van der Waals surface area (Å²) in [5.74, 6) is 2.46. The van der Waals surface area contributed by atoms with Crippen molar-refractivity contribution in [3.63, 3.8) is 0 Å². The van der Waals surface area contributed by atoms with Gasteiger partial charge in [-0.2, -0.15) is 0 Å². The van der Waals surface area contributed by atoms with E-state index in [0.717, 1.165) is 17.0 Å². The molecular formula is C21H22ClN3O. The average Bonchev–Trinajstić information content (AvgIpc) is 3.29. The number of aromatic nitrogens is 3. The minimum absolute atomic E-state index is 0.174. The third-order valence-electron chi connectivity index (χ3n) is 6.43. The van der Waals surface area contributed by atoms with E-state index in [1.54, 1.807) is 0 Å². The van der Waals surface area contributed by atoms with Crippen molar-refractivity contribution in [2.75, 3.05) is 0 Å². The lowest BCUT2D eigenvalue weighted by atomic mass is 9.82. The number of benzene rings is 1. The molecule has 0 saturated heterocycles. The third-order valence-corrected chi connectivity index (χ3v) is 6.73. The van der Waals surface area contributed by atoms with Crippen LogP contribution in [0.3, 0.4) is 0 Å². The molecule has 26 heavy (non-hydrogen) atoms. The maximum absolute atomic E-state index is 6.34. The lowest BCUT2D eigenvalue weighted by Crippen LogP contribution is -2.23. The largest absolute Gasteiger partial charge is 0.452 e. The number of para-hydroxylation sites is 1. The fourth-order valence-corrected chi connectivity index (χ4v) is 5.25. The van der Waals surface area contributed by atoms with Crippen molar-refractivity contribution < 1.29 is 4.74 Å². The third kappa shape index (κ3) is 2.28. The molecule has 3 aromatic rings. The molecule has 0 amide bonds. The highest BCUT2D eigenvalue weighted by Crippen LogP contribution is 2.61. The maximum atomic E-state index is 6.34. The normalized spacial score (nSPS) is 27.3. The summed E-state index contributed by atoms with van der Waals surface area (Å²) in [6.07, 6.45) is 8.26. The highest BCUT2D eigenvalue weighted by atomic mass is 35.5. The van der Waals surface area contributed by atoms with Gasteiger partial charge in [-0.1, -0.05) is 30.7 Å². The molecule has 1 aromatic carbocycles. The molecule has 0 spiro atoms. The van der Waals surface area contributed by atoms with Crippen LogP contribution < -0.4 is 4.74 Å². The van der Waals surface area contributed by atoms with Gasteiger partial charge in [0.1, 0.15) is 11.6 Å². The van der Waals surface area contributed by atoms with Gasteiger partial charge in [0.25, 0.3) is 0 Å². The first-order valence-corrected chi connectivity index (χ1v) is 9.65. The van der Waals surface area contributed by atoms with Gasteiger partial charge in [0.2, 0.25) is 5.65 Å². The lowest BCUT2D eigenvalue weighted by molar-refractivity contribution is 0.325. The Morgan fingerprint density at radius 2 is 1.88 bits per heavy atom. The highest BCUT2D eigenvalue weighted by Gasteiger charge is 2.54. The van der Waals surface area contributed by atoms with Crippen molar-refractivity contribution in [3.8, 4) is 11.5 Å². The highest BCUT2D eigenvalue weighted by molar-refractivity contribution is 6.32. The first kappa shape index (κ1) is 16.1. The van der Waals surface area contributed by atoms with Crippen LogP contribution in [0.5, 0.6) is 11.5 Å². The van der Waals surface area contributed by atoms with E-state index in [1.165, 1.54) is 32.1 Å². The zero-order chi connectivity index (χ0) is 17.9. The van der Waals surface area contributed by atoms with Gasteiger partial charge in [-0.05, 0) is 68.2 Å². The topological polar surface area (TPSA) is 39.4 Å². The Bertz CT molecular complexity index is 981. The van der Waals surface area contributed by atoms with Crippen LogP contribution in [0.15, 0.2) is 36.5 Å². The van der Waals surface area contributed by atoms with Gasteiger partial charge in [0.15, 0.2) is 5.75 Å². The van der Waals surface area contributed by atoms with Gasteiger partial charge in [0.05, 0.1) is 5.02 Å². The fraction of sp³-hybridized carbons (Fsp3) is 0.429. The lowest BCUT2D eigenvalue weighted by Gasteiger charge is -2.24. The molecule has 0 aliphatic heterocycles. The number of aryl methyl sites for hydroxylation is 1. The number of halogens is 1. The molecule has 2 aromatic heterocycles. The van der Waals surface area contributed by atoms with E-state index < -0.39 is 0 Å². The summed E-state index contributed by atoms with van der Waals surface area (Å²) in [6.45, 7) is 4.41. The Balaban J connectivity index is 1.59. The minimum Gasteiger partial charge on any atom is -0.452 e. The summed E-state index contributed by atoms with van der Waals surface area (Å²) in [4.78, 5) is 0. The number of ether oxygens (including phenoxy) is 1. The summed E-state index contributed by atoms with van der Waals surface area (Å²) in [6, 6.07) is 9.70. The van der Waals surface area contributed by atoms with Gasteiger partial charge in [-0.15, -0.1) is 10.2 Å². The molecule has 134 valence electrons. The van der Waals surface area contributed by atoms with Crippen molar-refractivity contribution in [2.24, 2.45) is 5.41 Å². The molecule has 0 atom stereocenters. The monoisotopic (exact) mass is 367 g/mol. The summed E-state index contributed by atoms with van der Waals surface area (Å²) in [7, 11) is 0. The second kappa shape index (κ2) is 5.46. The van der Waals surface area contributed by atoms with E-state index in [1.807, 2.05) is 37.3 Å². The number of hydrogen-bond acceptors (Lipinski definition) is 3. The smallest absolute Gasteiger partial charge is 0.203 e. The molecule has 0 radical (unpaired) electrons. The van der Waals surface area contributed by atoms with Crippen LogP contribution in [0.25, 0.3) is 5.65 Å². The van der Waals surface area contributed by atoms with Crippen LogP contribution in [0.4, 0.5) is 0 Å². The SMILES string of the molecule is Cc1cccc(Cl)c1Oc1cccn2c(C34CCC(C)(CC3)C4)nnc12. The summed E-state index contributed by atoms with van der Waals surface area (Å²) < 4.78 is 8.29. The van der Waals surface area contributed by atoms with E-state index in [4.69, 9.17) is 16.3 Å². The zero-order valence-electron chi connectivity index (χ0n) is 15.1. The predicted octanol–water partition coefficient (Wildman–Crippen LogP) is 5.71. The molecule has 0 N–H and O–H groups in total. The number of pyridine rings is 1. The van der Waals surface area contributed by atoms with Gasteiger partial charge in [-0.3, -0.25) is 4.40 Å². The van der Waals surface area contributed by atoms with E-state index in [-0.39, 0.29) is 5.41 Å². The average molecular weight is 368 g/mol. The Labute approximate surface area is 158 Å². The van der Waals surface area contributed by atoms with E-state index in [2.05, 4.69) is 27.7 Å². The molecule has 2 aliphatic carbocycles. The molecule has 2 heterocycles. The van der Waals surface area contributed by atoms with Gasteiger partial charge in [-0.25, -0.2) is 0 Å². The zero-order valence-corrected chi connectivity index (χ0v) is 15.9. The molecule has 0 unspecified atom stereocenters. The van der Waals surface area contributed by atoms with E-state index in [0.29, 0.717) is 21.9 Å². The molecule has 2 aliphatic rings. The summed E-state index contributed by atoms with van der Waals surface area (Å²) in [5.41, 5.74) is 2.42. The molecule has 4 nitrogen and oxygen atoms in total. The fourth-order valence-electron chi connectivity index (χ4n) is 4.99. The molecule has 2 bridgehead atoms. The van der Waals surface area contributed by atoms with Crippen LogP contribution in [-0.2, 0) is 5.41 Å². The van der Waals surface area contributed by atoms with Gasteiger partial charge < -0.3 is 4.74 Å². The Kier molecular flexibility index (Phi) is 3.39. The van der Waals surface area contributed by atoms with Crippen LogP contribution in [0.2, 0.25) is 5.02 Å². The Morgan fingerprint density at radius 1 is 1.08 bits per heavy atom. The van der Waals surface area contributed by atoms with Crippen LogP contribution in [0.1, 0.15) is 50.4 Å². The van der Waals surface area contributed by atoms with E-state index in [9.17, 15) is 0 Å². The van der Waals surface area contributed by atoms with Crippen LogP contribution in [-0.4, -0.2) is 14.6 Å². The van der Waals surface area contributed by atoms with Crippen molar-refractivity contribution >= 4 is 17.2 Å². The molecule has 5 heteroatoms. The number of fused-ring (bicyclic) bond motifs is 3. The first-order valence-electron chi connectivity index (χ1n) is 9.27. The predicted molar refractivity (Wildman–Crippen MR) is 102 cm³/mol. The Hall–Kier alpha value is -2.07. The quantitative estimate of drug-likeness (QED) is 0.595. The molecular weight excluding hydrogens is 346 g/mol. The van der Waals surface area contributed by atoms with Crippen LogP contribution >= 0.6 is 11.6 Å². The number of rotatable bonds is 3. The van der Waals surface area contributed by atoms with Crippen molar-refractivity contribution in [3.05, 3.63) is 52.9 Å². The standard InChI is InChI=1S/C21H22ClN3O/c1-14-5-3-6-15(22)17(14)26-16-7-4-12-25-18(16)23-24-19(25)21-10-8-20(2,13-21)9-11-21/h3-7,12H,8-11,13H2,1-2H3. The van der Waals surface area contributed by atoms with Crippen molar-refractivity contribution in [2.45, 2.75) is 51.4 Å². The Morgan fingerprint density at radius 3 is 2.58 bits per heavy atom. The second-order valence-electron chi connectivity index (χ2n) is 8.35. The van der Waals surface area contributed by atoms with Gasteiger partial charge in [0, 0.05) is 11.6 Å². The molecule has 2 fully saturated rings. The maximum Gasteiger partial charge on any atom is 0.203 e. The van der Waals surface area contributed by atoms with E-state index >= 15 is 0 Å². The summed E-state index contributed by atoms with van der Waals surface area (Å²) in [5, 5.41) is 9.73. The summed E-state index contributed by atoms with van der Waals surface area (Å²) >= 11 is 6.34. The number of nitrogens with zero attached hydrogens (tertiary/aromatic N) is 3. The molecule has 2 saturated carbocycles. The number of hydrogen-bond donors (Lipinski definition) is 0. The van der Waals surface area contributed by atoms with Crippen molar-refractivity contribution in [1.82, 2.24) is 14.6 Å². The minimum atomic E-state index is 0.174.